The van der Waals surface area contributed by atoms with Crippen molar-refractivity contribution < 1.29 is 9.53 Å². The predicted molar refractivity (Wildman–Crippen MR) is 65.0 cm³/mol. The number of esters is 1. The minimum Gasteiger partial charge on any atom is -0.462 e. The minimum absolute atomic E-state index is 0.217. The van der Waals surface area contributed by atoms with E-state index in [1.165, 1.54) is 24.0 Å². The summed E-state index contributed by atoms with van der Waals surface area (Å²) in [4.78, 5) is 11.7. The van der Waals surface area contributed by atoms with Crippen molar-refractivity contribution in [3.63, 3.8) is 0 Å². The Balaban J connectivity index is 1.94. The fraction of sp³-hybridized carbons (Fsp3) is 0.500. The number of ether oxygens (including phenoxy) is 1. The van der Waals surface area contributed by atoms with E-state index in [9.17, 15) is 4.79 Å². The first kappa shape index (κ1) is 10.8. The summed E-state index contributed by atoms with van der Waals surface area (Å²) in [5.74, 6) is -0.217. The molecule has 1 spiro atoms. The zero-order chi connectivity index (χ0) is 11.9. The van der Waals surface area contributed by atoms with Crippen LogP contribution in [0.15, 0.2) is 18.2 Å². The highest BCUT2D eigenvalue weighted by Gasteiger charge is 2.46. The number of carbonyl (C=O) groups excluding carboxylic acids is 1. The van der Waals surface area contributed by atoms with Crippen LogP contribution in [0.1, 0.15) is 41.3 Å². The van der Waals surface area contributed by atoms with Crippen LogP contribution in [0.5, 0.6) is 0 Å². The Morgan fingerprint density at radius 1 is 1.47 bits per heavy atom. The molecule has 2 aliphatic rings. The zero-order valence-electron chi connectivity index (χ0n) is 10.1. The van der Waals surface area contributed by atoms with E-state index in [0.29, 0.717) is 17.6 Å². The van der Waals surface area contributed by atoms with E-state index in [-0.39, 0.29) is 5.97 Å². The molecule has 3 rings (SSSR count). The molecule has 90 valence electrons. The third-order valence-corrected chi connectivity index (χ3v) is 3.82. The first-order valence-corrected chi connectivity index (χ1v) is 6.26. The van der Waals surface area contributed by atoms with E-state index in [4.69, 9.17) is 4.74 Å². The Labute approximate surface area is 101 Å². The molecule has 1 aromatic carbocycles. The molecule has 1 N–H and O–H groups in total. The minimum atomic E-state index is -0.217. The molecule has 0 atom stereocenters. The van der Waals surface area contributed by atoms with Crippen LogP contribution in [0, 0.1) is 0 Å². The summed E-state index contributed by atoms with van der Waals surface area (Å²) in [6.45, 7) is 4.21. The zero-order valence-corrected chi connectivity index (χ0v) is 10.1. The summed E-state index contributed by atoms with van der Waals surface area (Å²) >= 11 is 0. The highest BCUT2D eigenvalue weighted by Crippen LogP contribution is 2.50. The van der Waals surface area contributed by atoms with Crippen LogP contribution in [0.2, 0.25) is 0 Å². The summed E-state index contributed by atoms with van der Waals surface area (Å²) in [7, 11) is 0. The lowest BCUT2D eigenvalue weighted by atomic mass is 9.87. The Kier molecular flexibility index (Phi) is 2.44. The molecule has 0 saturated heterocycles. The first-order chi connectivity index (χ1) is 8.25. The molecule has 0 amide bonds. The van der Waals surface area contributed by atoms with Gasteiger partial charge >= 0.3 is 5.97 Å². The van der Waals surface area contributed by atoms with E-state index in [1.54, 1.807) is 0 Å². The van der Waals surface area contributed by atoms with E-state index >= 15 is 0 Å². The van der Waals surface area contributed by atoms with Gasteiger partial charge in [-0.15, -0.1) is 0 Å². The Hall–Kier alpha value is -1.35. The van der Waals surface area contributed by atoms with Crippen molar-refractivity contribution in [3.05, 3.63) is 34.9 Å². The SMILES string of the molecule is CCOC(=O)c1ccc2c(c1)CNCC21CC1. The second-order valence-electron chi connectivity index (χ2n) is 4.98. The van der Waals surface area contributed by atoms with Gasteiger partial charge in [-0.3, -0.25) is 0 Å². The van der Waals surface area contributed by atoms with Gasteiger partial charge in [0.15, 0.2) is 0 Å². The molecule has 1 saturated carbocycles. The lowest BCUT2D eigenvalue weighted by Gasteiger charge is -2.26. The van der Waals surface area contributed by atoms with Crippen LogP contribution in [-0.2, 0) is 16.7 Å². The third-order valence-electron chi connectivity index (χ3n) is 3.82. The molecule has 0 radical (unpaired) electrons. The van der Waals surface area contributed by atoms with Crippen LogP contribution in [0.4, 0.5) is 0 Å². The van der Waals surface area contributed by atoms with E-state index in [2.05, 4.69) is 11.4 Å². The maximum atomic E-state index is 11.7. The second kappa shape index (κ2) is 3.84. The first-order valence-electron chi connectivity index (χ1n) is 6.26. The van der Waals surface area contributed by atoms with E-state index in [0.717, 1.165) is 13.1 Å². The van der Waals surface area contributed by atoms with Crippen molar-refractivity contribution in [2.75, 3.05) is 13.2 Å². The van der Waals surface area contributed by atoms with Crippen molar-refractivity contribution in [1.82, 2.24) is 5.32 Å². The summed E-state index contributed by atoms with van der Waals surface area (Å²) in [5, 5.41) is 3.44. The number of carbonyl (C=O) groups is 1. The summed E-state index contributed by atoms with van der Waals surface area (Å²) in [6, 6.07) is 6.01. The lowest BCUT2D eigenvalue weighted by molar-refractivity contribution is 0.0526. The van der Waals surface area contributed by atoms with E-state index < -0.39 is 0 Å². The fourth-order valence-electron chi connectivity index (χ4n) is 2.73. The number of fused-ring (bicyclic) bond motifs is 2. The summed E-state index contributed by atoms with van der Waals surface area (Å²) in [5.41, 5.74) is 3.74. The molecule has 17 heavy (non-hydrogen) atoms. The highest BCUT2D eigenvalue weighted by molar-refractivity contribution is 5.89. The molecule has 1 aromatic rings. The summed E-state index contributed by atoms with van der Waals surface area (Å²) < 4.78 is 5.03. The number of hydrogen-bond acceptors (Lipinski definition) is 3. The van der Waals surface area contributed by atoms with Gasteiger partial charge in [0.05, 0.1) is 12.2 Å². The molecule has 0 bridgehead atoms. The molecule has 1 aliphatic carbocycles. The van der Waals surface area contributed by atoms with Gasteiger partial charge in [-0.05, 0) is 43.0 Å². The Morgan fingerprint density at radius 2 is 2.29 bits per heavy atom. The van der Waals surface area contributed by atoms with Crippen molar-refractivity contribution in [1.29, 1.82) is 0 Å². The molecular weight excluding hydrogens is 214 g/mol. The highest BCUT2D eigenvalue weighted by atomic mass is 16.5. The topological polar surface area (TPSA) is 38.3 Å². The molecule has 1 aliphatic heterocycles. The fourth-order valence-corrected chi connectivity index (χ4v) is 2.73. The molecule has 1 fully saturated rings. The lowest BCUT2D eigenvalue weighted by Crippen LogP contribution is -2.33. The normalized spacial score (nSPS) is 19.8. The van der Waals surface area contributed by atoms with Crippen LogP contribution in [0.25, 0.3) is 0 Å². The smallest absolute Gasteiger partial charge is 0.338 e. The molecule has 3 nitrogen and oxygen atoms in total. The number of benzene rings is 1. The Morgan fingerprint density at radius 3 is 3.00 bits per heavy atom. The third kappa shape index (κ3) is 1.75. The van der Waals surface area contributed by atoms with E-state index in [1.807, 2.05) is 19.1 Å². The van der Waals surface area contributed by atoms with Gasteiger partial charge in [0, 0.05) is 18.5 Å². The van der Waals surface area contributed by atoms with Gasteiger partial charge in [0.2, 0.25) is 0 Å². The quantitative estimate of drug-likeness (QED) is 0.791. The molecule has 3 heteroatoms. The van der Waals surface area contributed by atoms with Crippen LogP contribution < -0.4 is 5.32 Å². The Bertz CT molecular complexity index is 463. The van der Waals surface area contributed by atoms with Gasteiger partial charge < -0.3 is 10.1 Å². The van der Waals surface area contributed by atoms with Gasteiger partial charge in [0.25, 0.3) is 0 Å². The summed E-state index contributed by atoms with van der Waals surface area (Å²) in [6.07, 6.45) is 2.54. The van der Waals surface area contributed by atoms with Crippen LogP contribution >= 0.6 is 0 Å². The average molecular weight is 231 g/mol. The maximum Gasteiger partial charge on any atom is 0.338 e. The maximum absolute atomic E-state index is 11.7. The molecule has 0 aromatic heterocycles. The molecule has 1 heterocycles. The van der Waals surface area contributed by atoms with Crippen LogP contribution in [-0.4, -0.2) is 19.1 Å². The largest absolute Gasteiger partial charge is 0.462 e. The second-order valence-corrected chi connectivity index (χ2v) is 4.98. The number of nitrogens with one attached hydrogen (secondary N) is 1. The molecule has 0 unspecified atom stereocenters. The van der Waals surface area contributed by atoms with Crippen molar-refractivity contribution in [2.45, 2.75) is 31.7 Å². The monoisotopic (exact) mass is 231 g/mol. The average Bonchev–Trinajstić information content (AvgIpc) is 3.10. The number of rotatable bonds is 2. The van der Waals surface area contributed by atoms with Gasteiger partial charge in [-0.2, -0.15) is 0 Å². The van der Waals surface area contributed by atoms with Crippen LogP contribution in [0.3, 0.4) is 0 Å². The van der Waals surface area contributed by atoms with Crippen molar-refractivity contribution in [2.24, 2.45) is 0 Å². The molecular formula is C14H17NO2. The predicted octanol–water partition coefficient (Wildman–Crippen LogP) is 2.00. The number of hydrogen-bond donors (Lipinski definition) is 1. The van der Waals surface area contributed by atoms with Crippen molar-refractivity contribution >= 4 is 5.97 Å². The van der Waals surface area contributed by atoms with Gasteiger partial charge in [0.1, 0.15) is 0 Å². The van der Waals surface area contributed by atoms with Gasteiger partial charge in [-0.1, -0.05) is 6.07 Å². The van der Waals surface area contributed by atoms with Crippen molar-refractivity contribution in [3.8, 4) is 0 Å². The van der Waals surface area contributed by atoms with Gasteiger partial charge in [-0.25, -0.2) is 4.79 Å². The standard InChI is InChI=1S/C14H17NO2/c1-2-17-13(16)10-3-4-12-11(7-10)8-15-9-14(12)5-6-14/h3-4,7,15H,2,5-6,8-9H2,1H3.